The van der Waals surface area contributed by atoms with Gasteiger partial charge >= 0.3 is 0 Å². The quantitative estimate of drug-likeness (QED) is 0.550. The predicted molar refractivity (Wildman–Crippen MR) is 94.9 cm³/mol. The fourth-order valence-electron chi connectivity index (χ4n) is 2.42. The number of sulfone groups is 1. The molecule has 0 unspecified atom stereocenters. The van der Waals surface area contributed by atoms with Crippen LogP contribution in [0.1, 0.15) is 12.2 Å². The first-order valence-electron chi connectivity index (χ1n) is 7.96. The van der Waals surface area contributed by atoms with Gasteiger partial charge in [0.2, 0.25) is 11.2 Å². The van der Waals surface area contributed by atoms with E-state index in [1.165, 1.54) is 24.3 Å². The highest BCUT2D eigenvalue weighted by molar-refractivity contribution is 7.90. The van der Waals surface area contributed by atoms with E-state index in [9.17, 15) is 30.8 Å². The minimum atomic E-state index is -3.53. The number of halogens is 4. The lowest BCUT2D eigenvalue weighted by Crippen LogP contribution is -2.08. The van der Waals surface area contributed by atoms with Crippen molar-refractivity contribution in [1.29, 1.82) is 0 Å². The van der Waals surface area contributed by atoms with Gasteiger partial charge in [-0.05, 0) is 36.4 Å². The largest absolute Gasteiger partial charge is 0.451 e. The number of benzene rings is 2. The molecule has 0 bridgehead atoms. The highest BCUT2D eigenvalue weighted by Gasteiger charge is 2.22. The maximum Gasteiger partial charge on any atom is 0.295 e. The number of hydrogen-bond donors (Lipinski definition) is 0. The van der Waals surface area contributed by atoms with Gasteiger partial charge in [0, 0.05) is 24.0 Å². The Morgan fingerprint density at radius 3 is 2.21 bits per heavy atom. The second kappa shape index (κ2) is 7.70. The van der Waals surface area contributed by atoms with E-state index in [4.69, 9.17) is 9.15 Å². The van der Waals surface area contributed by atoms with Crippen molar-refractivity contribution in [3.8, 4) is 22.8 Å². The Morgan fingerprint density at radius 1 is 1.00 bits per heavy atom. The summed E-state index contributed by atoms with van der Waals surface area (Å²) in [4.78, 5) is 12.3. The van der Waals surface area contributed by atoms with E-state index in [-0.39, 0.29) is 10.5 Å². The molecule has 0 aliphatic heterocycles. The number of rotatable bonds is 5. The standard InChI is InChI=1S/C19H12F4O5S/c1-29(25,26)12-5-2-10(3-6-12)17-18(14(24)9-16(28-17)19(22)23)27-15-7-4-11(20)8-13(15)21/h2-9,19H,1H3. The van der Waals surface area contributed by atoms with Gasteiger partial charge in [-0.3, -0.25) is 4.79 Å². The Hall–Kier alpha value is -3.14. The second-order valence-electron chi connectivity index (χ2n) is 5.95. The summed E-state index contributed by atoms with van der Waals surface area (Å²) < 4.78 is 86.6. The molecular formula is C19H12F4O5S. The molecule has 1 heterocycles. The fraction of sp³-hybridized carbons (Fsp3) is 0.105. The molecule has 0 N–H and O–H groups in total. The van der Waals surface area contributed by atoms with Crippen LogP contribution in [0.4, 0.5) is 17.6 Å². The maximum absolute atomic E-state index is 13.9. The topological polar surface area (TPSA) is 73.6 Å². The number of hydrogen-bond acceptors (Lipinski definition) is 5. The SMILES string of the molecule is CS(=O)(=O)c1ccc(-c2oc(C(F)F)cc(=O)c2Oc2ccc(F)cc2F)cc1. The summed E-state index contributed by atoms with van der Waals surface area (Å²) in [5, 5.41) is 0. The summed E-state index contributed by atoms with van der Waals surface area (Å²) in [6.45, 7) is 0. The zero-order chi connectivity index (χ0) is 21.3. The van der Waals surface area contributed by atoms with E-state index in [2.05, 4.69) is 0 Å². The lowest BCUT2D eigenvalue weighted by molar-refractivity contribution is 0.120. The van der Waals surface area contributed by atoms with Crippen LogP contribution in [-0.2, 0) is 9.84 Å². The molecule has 0 saturated carbocycles. The van der Waals surface area contributed by atoms with Crippen LogP contribution in [0.2, 0.25) is 0 Å². The molecule has 0 radical (unpaired) electrons. The average Bonchev–Trinajstić information content (AvgIpc) is 2.64. The van der Waals surface area contributed by atoms with Crippen LogP contribution < -0.4 is 10.2 Å². The molecule has 0 amide bonds. The van der Waals surface area contributed by atoms with Crippen molar-refractivity contribution >= 4 is 9.84 Å². The van der Waals surface area contributed by atoms with Crippen LogP contribution in [0.25, 0.3) is 11.3 Å². The second-order valence-corrected chi connectivity index (χ2v) is 7.96. The molecule has 3 aromatic rings. The highest BCUT2D eigenvalue weighted by Crippen LogP contribution is 2.35. The molecule has 0 fully saturated rings. The molecule has 29 heavy (non-hydrogen) atoms. The Bertz CT molecular complexity index is 1220. The van der Waals surface area contributed by atoms with Gasteiger partial charge in [0.15, 0.2) is 32.9 Å². The van der Waals surface area contributed by atoms with Gasteiger partial charge in [0.1, 0.15) is 5.82 Å². The van der Waals surface area contributed by atoms with Gasteiger partial charge in [-0.15, -0.1) is 0 Å². The van der Waals surface area contributed by atoms with E-state index in [0.717, 1.165) is 18.4 Å². The molecule has 0 aliphatic rings. The molecule has 0 atom stereocenters. The van der Waals surface area contributed by atoms with Crippen LogP contribution >= 0.6 is 0 Å². The van der Waals surface area contributed by atoms with Crippen molar-refractivity contribution in [2.75, 3.05) is 6.26 Å². The van der Waals surface area contributed by atoms with Crippen molar-refractivity contribution < 1.29 is 35.1 Å². The molecule has 3 rings (SSSR count). The van der Waals surface area contributed by atoms with Crippen molar-refractivity contribution in [3.63, 3.8) is 0 Å². The summed E-state index contributed by atoms with van der Waals surface area (Å²) in [7, 11) is -3.53. The Kier molecular flexibility index (Phi) is 5.47. The number of alkyl halides is 2. The molecule has 2 aromatic carbocycles. The van der Waals surface area contributed by atoms with Crippen molar-refractivity contribution in [3.05, 3.63) is 76.1 Å². The summed E-state index contributed by atoms with van der Waals surface area (Å²) in [6, 6.07) is 7.62. The molecule has 0 spiro atoms. The average molecular weight is 428 g/mol. The third-order valence-corrected chi connectivity index (χ3v) is 4.92. The number of ether oxygens (including phenoxy) is 1. The zero-order valence-corrected chi connectivity index (χ0v) is 15.5. The predicted octanol–water partition coefficient (Wildman–Crippen LogP) is 4.72. The van der Waals surface area contributed by atoms with Crippen LogP contribution in [0.3, 0.4) is 0 Å². The molecule has 1 aromatic heterocycles. The minimum Gasteiger partial charge on any atom is -0.451 e. The van der Waals surface area contributed by atoms with Crippen LogP contribution in [0.5, 0.6) is 11.5 Å². The third-order valence-electron chi connectivity index (χ3n) is 3.79. The summed E-state index contributed by atoms with van der Waals surface area (Å²) in [6.07, 6.45) is -2.14. The monoisotopic (exact) mass is 428 g/mol. The van der Waals surface area contributed by atoms with Gasteiger partial charge in [0.05, 0.1) is 4.90 Å². The normalized spacial score (nSPS) is 11.7. The van der Waals surface area contributed by atoms with E-state index < -0.39 is 56.3 Å². The first-order chi connectivity index (χ1) is 13.6. The van der Waals surface area contributed by atoms with E-state index in [1.807, 2.05) is 0 Å². The minimum absolute atomic E-state index is 0.0366. The molecular weight excluding hydrogens is 416 g/mol. The molecule has 0 aliphatic carbocycles. The summed E-state index contributed by atoms with van der Waals surface area (Å²) in [5.74, 6) is -4.57. The molecule has 0 saturated heterocycles. The summed E-state index contributed by atoms with van der Waals surface area (Å²) in [5.41, 5.74) is -0.994. The summed E-state index contributed by atoms with van der Waals surface area (Å²) >= 11 is 0. The lowest BCUT2D eigenvalue weighted by Gasteiger charge is -2.12. The highest BCUT2D eigenvalue weighted by atomic mass is 32.2. The Morgan fingerprint density at radius 2 is 1.66 bits per heavy atom. The van der Waals surface area contributed by atoms with Crippen molar-refractivity contribution in [2.24, 2.45) is 0 Å². The van der Waals surface area contributed by atoms with Gasteiger partial charge in [-0.1, -0.05) is 0 Å². The van der Waals surface area contributed by atoms with E-state index >= 15 is 0 Å². The lowest BCUT2D eigenvalue weighted by atomic mass is 10.1. The molecule has 152 valence electrons. The van der Waals surface area contributed by atoms with Gasteiger partial charge < -0.3 is 9.15 Å². The first-order valence-corrected chi connectivity index (χ1v) is 9.85. The van der Waals surface area contributed by atoms with E-state index in [0.29, 0.717) is 12.1 Å². The third kappa shape index (κ3) is 4.48. The fourth-order valence-corrected chi connectivity index (χ4v) is 3.05. The van der Waals surface area contributed by atoms with Crippen LogP contribution in [0, 0.1) is 11.6 Å². The maximum atomic E-state index is 13.9. The van der Waals surface area contributed by atoms with Crippen LogP contribution in [0.15, 0.2) is 62.6 Å². The Labute approximate surface area is 162 Å². The molecule has 10 heteroatoms. The molecule has 5 nitrogen and oxygen atoms in total. The van der Waals surface area contributed by atoms with Crippen LogP contribution in [-0.4, -0.2) is 14.7 Å². The van der Waals surface area contributed by atoms with Gasteiger partial charge in [0.25, 0.3) is 6.43 Å². The Balaban J connectivity index is 2.17. The van der Waals surface area contributed by atoms with E-state index in [1.54, 1.807) is 0 Å². The van der Waals surface area contributed by atoms with Gasteiger partial charge in [-0.2, -0.15) is 0 Å². The first kappa shape index (κ1) is 20.6. The van der Waals surface area contributed by atoms with Crippen molar-refractivity contribution in [1.82, 2.24) is 0 Å². The van der Waals surface area contributed by atoms with Crippen molar-refractivity contribution in [2.45, 2.75) is 11.3 Å². The smallest absolute Gasteiger partial charge is 0.295 e. The zero-order valence-electron chi connectivity index (χ0n) is 14.7. The van der Waals surface area contributed by atoms with Gasteiger partial charge in [-0.25, -0.2) is 26.0 Å².